The molecule has 0 saturated heterocycles. The molecule has 0 radical (unpaired) electrons. The molecule has 1 atom stereocenters. The van der Waals surface area contributed by atoms with Crippen molar-refractivity contribution in [2.75, 3.05) is 0 Å². The number of nitrogens with one attached hydrogen (secondary N) is 1. The number of nitrogens with zero attached hydrogens (tertiary/aromatic N) is 2. The zero-order valence-corrected chi connectivity index (χ0v) is 13.8. The van der Waals surface area contributed by atoms with Crippen molar-refractivity contribution in [1.29, 1.82) is 0 Å². The van der Waals surface area contributed by atoms with Gasteiger partial charge in [-0.25, -0.2) is 0 Å². The van der Waals surface area contributed by atoms with E-state index < -0.39 is 5.91 Å². The van der Waals surface area contributed by atoms with Gasteiger partial charge >= 0.3 is 11.8 Å². The molecule has 24 heavy (non-hydrogen) atoms. The smallest absolute Gasteiger partial charge is 0.309 e. The van der Waals surface area contributed by atoms with E-state index in [1.165, 1.54) is 0 Å². The Bertz CT molecular complexity index is 833. The molecule has 1 heterocycles. The maximum atomic E-state index is 12.2. The fourth-order valence-corrected chi connectivity index (χ4v) is 2.53. The van der Waals surface area contributed by atoms with E-state index >= 15 is 0 Å². The second-order valence-corrected chi connectivity index (χ2v) is 5.85. The van der Waals surface area contributed by atoms with Crippen molar-refractivity contribution in [1.82, 2.24) is 15.5 Å². The van der Waals surface area contributed by atoms with Crippen LogP contribution in [0.5, 0.6) is 0 Å². The van der Waals surface area contributed by atoms with E-state index in [0.717, 1.165) is 11.1 Å². The molecule has 1 aromatic heterocycles. The molecule has 0 unspecified atom stereocenters. The quantitative estimate of drug-likeness (QED) is 0.766. The van der Waals surface area contributed by atoms with Crippen molar-refractivity contribution in [3.05, 3.63) is 82.5 Å². The van der Waals surface area contributed by atoms with Gasteiger partial charge in [-0.1, -0.05) is 54.1 Å². The van der Waals surface area contributed by atoms with E-state index in [1.54, 1.807) is 6.07 Å². The molecule has 0 bridgehead atoms. The second-order valence-electron chi connectivity index (χ2n) is 5.41. The zero-order chi connectivity index (χ0) is 16.9. The maximum absolute atomic E-state index is 12.2. The molecule has 0 spiro atoms. The lowest BCUT2D eigenvalue weighted by atomic mass is 10.1. The van der Waals surface area contributed by atoms with Crippen molar-refractivity contribution in [3.8, 4) is 0 Å². The topological polar surface area (TPSA) is 68.0 Å². The number of hydrogen-bond donors (Lipinski definition) is 1. The molecule has 6 heteroatoms. The number of amides is 1. The van der Waals surface area contributed by atoms with Crippen LogP contribution in [-0.4, -0.2) is 16.1 Å². The summed E-state index contributed by atoms with van der Waals surface area (Å²) in [6.45, 7) is 1.90. The molecule has 0 aliphatic heterocycles. The summed E-state index contributed by atoms with van der Waals surface area (Å²) in [5.41, 5.74) is 1.94. The standard InChI is InChI=1S/C18H16ClN3O2/c1-12(14-7-3-2-4-8-14)20-17(23)18-22-21-16(24-18)11-13-6-5-9-15(19)10-13/h2-10,12H,11H2,1H3,(H,20,23)/t12-/m1/s1. The van der Waals surface area contributed by atoms with E-state index in [-0.39, 0.29) is 11.9 Å². The highest BCUT2D eigenvalue weighted by Crippen LogP contribution is 2.15. The van der Waals surface area contributed by atoms with Crippen LogP contribution in [0.2, 0.25) is 5.02 Å². The molecule has 122 valence electrons. The minimum absolute atomic E-state index is 0.0465. The summed E-state index contributed by atoms with van der Waals surface area (Å²) in [5.74, 6) is -0.0687. The Morgan fingerprint density at radius 1 is 1.17 bits per heavy atom. The van der Waals surface area contributed by atoms with Crippen molar-refractivity contribution in [2.45, 2.75) is 19.4 Å². The first kappa shape index (κ1) is 16.2. The molecule has 0 aliphatic rings. The van der Waals surface area contributed by atoms with Crippen molar-refractivity contribution >= 4 is 17.5 Å². The van der Waals surface area contributed by atoms with E-state index in [9.17, 15) is 4.79 Å². The highest BCUT2D eigenvalue weighted by atomic mass is 35.5. The van der Waals surface area contributed by atoms with Gasteiger partial charge in [0, 0.05) is 5.02 Å². The van der Waals surface area contributed by atoms with Crippen molar-refractivity contribution < 1.29 is 9.21 Å². The molecular weight excluding hydrogens is 326 g/mol. The van der Waals surface area contributed by atoms with Gasteiger partial charge in [-0.05, 0) is 30.2 Å². The summed E-state index contributed by atoms with van der Waals surface area (Å²) in [6.07, 6.45) is 0.426. The SMILES string of the molecule is C[C@@H](NC(=O)c1nnc(Cc2cccc(Cl)c2)o1)c1ccccc1. The van der Waals surface area contributed by atoms with E-state index in [2.05, 4.69) is 15.5 Å². The summed E-state index contributed by atoms with van der Waals surface area (Å²) in [4.78, 5) is 12.2. The number of aromatic nitrogens is 2. The first-order valence-corrected chi connectivity index (χ1v) is 7.92. The zero-order valence-electron chi connectivity index (χ0n) is 13.1. The molecule has 5 nitrogen and oxygen atoms in total. The van der Waals surface area contributed by atoms with Gasteiger partial charge in [-0.15, -0.1) is 10.2 Å². The molecule has 2 aromatic carbocycles. The lowest BCUT2D eigenvalue weighted by molar-refractivity contribution is 0.0903. The van der Waals surface area contributed by atoms with E-state index in [1.807, 2.05) is 55.5 Å². The average molecular weight is 342 g/mol. The molecule has 0 saturated carbocycles. The minimum Gasteiger partial charge on any atom is -0.417 e. The Morgan fingerprint density at radius 2 is 1.96 bits per heavy atom. The van der Waals surface area contributed by atoms with Gasteiger partial charge in [0.25, 0.3) is 0 Å². The average Bonchev–Trinajstić information content (AvgIpc) is 3.04. The highest BCUT2D eigenvalue weighted by molar-refractivity contribution is 6.30. The Balaban J connectivity index is 1.65. The van der Waals surface area contributed by atoms with Crippen LogP contribution >= 0.6 is 11.6 Å². The lowest BCUT2D eigenvalue weighted by Crippen LogP contribution is -2.26. The number of carbonyl (C=O) groups is 1. The largest absolute Gasteiger partial charge is 0.417 e. The van der Waals surface area contributed by atoms with Gasteiger partial charge in [-0.3, -0.25) is 4.79 Å². The third-order valence-corrected chi connectivity index (χ3v) is 3.79. The monoisotopic (exact) mass is 341 g/mol. The summed E-state index contributed by atoms with van der Waals surface area (Å²) >= 11 is 5.95. The molecule has 1 N–H and O–H groups in total. The van der Waals surface area contributed by atoms with Crippen molar-refractivity contribution in [3.63, 3.8) is 0 Å². The Labute approximate surface area is 144 Å². The van der Waals surface area contributed by atoms with Gasteiger partial charge < -0.3 is 9.73 Å². The third kappa shape index (κ3) is 4.00. The van der Waals surface area contributed by atoms with Crippen molar-refractivity contribution in [2.24, 2.45) is 0 Å². The van der Waals surface area contributed by atoms with Crippen LogP contribution in [0.1, 0.15) is 40.7 Å². The first-order valence-electron chi connectivity index (χ1n) is 7.54. The number of hydrogen-bond acceptors (Lipinski definition) is 4. The summed E-state index contributed by atoms with van der Waals surface area (Å²) in [5, 5.41) is 11.2. The molecule has 1 amide bonds. The molecule has 3 aromatic rings. The third-order valence-electron chi connectivity index (χ3n) is 3.55. The molecule has 3 rings (SSSR count). The van der Waals surface area contributed by atoms with Crippen LogP contribution in [-0.2, 0) is 6.42 Å². The number of rotatable bonds is 5. The Kier molecular flexibility index (Phi) is 4.91. The Hall–Kier alpha value is -2.66. The Morgan fingerprint density at radius 3 is 2.71 bits per heavy atom. The van der Waals surface area contributed by atoms with Crippen LogP contribution in [0, 0.1) is 0 Å². The fourth-order valence-electron chi connectivity index (χ4n) is 2.32. The number of carbonyl (C=O) groups excluding carboxylic acids is 1. The molecular formula is C18H16ClN3O2. The van der Waals surface area contributed by atoms with Crippen LogP contribution in [0.25, 0.3) is 0 Å². The number of benzene rings is 2. The van der Waals surface area contributed by atoms with Gasteiger partial charge in [0.2, 0.25) is 5.89 Å². The summed E-state index contributed by atoms with van der Waals surface area (Å²) in [7, 11) is 0. The molecule has 0 aliphatic carbocycles. The normalized spacial score (nSPS) is 11.9. The maximum Gasteiger partial charge on any atom is 0.309 e. The fraction of sp³-hybridized carbons (Fsp3) is 0.167. The van der Waals surface area contributed by atoms with Gasteiger partial charge in [0.05, 0.1) is 12.5 Å². The first-order chi connectivity index (χ1) is 11.6. The number of halogens is 1. The van der Waals surface area contributed by atoms with Gasteiger partial charge in [-0.2, -0.15) is 0 Å². The van der Waals surface area contributed by atoms with E-state index in [4.69, 9.17) is 16.0 Å². The van der Waals surface area contributed by atoms with Crippen LogP contribution in [0.4, 0.5) is 0 Å². The van der Waals surface area contributed by atoms with Crippen LogP contribution < -0.4 is 5.32 Å². The predicted octanol–water partition coefficient (Wildman–Crippen LogP) is 3.80. The van der Waals surface area contributed by atoms with Crippen LogP contribution in [0.15, 0.2) is 59.0 Å². The van der Waals surface area contributed by atoms with Gasteiger partial charge in [0.1, 0.15) is 0 Å². The summed E-state index contributed by atoms with van der Waals surface area (Å²) < 4.78 is 5.45. The van der Waals surface area contributed by atoms with Gasteiger partial charge in [0.15, 0.2) is 0 Å². The highest BCUT2D eigenvalue weighted by Gasteiger charge is 2.17. The lowest BCUT2D eigenvalue weighted by Gasteiger charge is -2.12. The summed E-state index contributed by atoms with van der Waals surface area (Å²) in [6, 6.07) is 16.9. The van der Waals surface area contributed by atoms with Crippen LogP contribution in [0.3, 0.4) is 0 Å². The minimum atomic E-state index is -0.392. The predicted molar refractivity (Wildman–Crippen MR) is 90.9 cm³/mol. The molecule has 0 fully saturated rings. The van der Waals surface area contributed by atoms with E-state index in [0.29, 0.717) is 17.3 Å². The second kappa shape index (κ2) is 7.27.